The topological polar surface area (TPSA) is 118 Å². The summed E-state index contributed by atoms with van der Waals surface area (Å²) in [4.78, 5) is 23.2. The first kappa shape index (κ1) is 69.9. The van der Waals surface area contributed by atoms with Gasteiger partial charge in [0.25, 0.3) is 14.9 Å². The Balaban J connectivity index is 8.48. The van der Waals surface area contributed by atoms with E-state index in [-0.39, 0.29) is 0 Å². The van der Waals surface area contributed by atoms with Crippen LogP contribution in [0.4, 0.5) is 184 Å². The third kappa shape index (κ3) is 8.26. The van der Waals surface area contributed by atoms with Gasteiger partial charge in [-0.15, -0.1) is 0 Å². The minimum atomic E-state index is -10.4. The van der Waals surface area contributed by atoms with Crippen molar-refractivity contribution in [3.05, 3.63) is 0 Å². The molecule has 0 aromatic carbocycles. The van der Waals surface area contributed by atoms with Gasteiger partial charge in [-0.05, 0) is 0 Å². The zero-order valence-corrected chi connectivity index (χ0v) is 32.2. The van der Waals surface area contributed by atoms with Crippen LogP contribution >= 0.6 is 0 Å². The lowest BCUT2D eigenvalue weighted by Gasteiger charge is -2.46. The molecule has 0 bridgehead atoms. The van der Waals surface area contributed by atoms with Crippen LogP contribution in [0.25, 0.3) is 0 Å². The fourth-order valence-corrected chi connectivity index (χ4v) is 5.51. The molecule has 0 saturated carbocycles. The number of hydrogen-bond acceptors (Lipinski definition) is 5. The maximum atomic E-state index is 15.3. The van der Waals surface area contributed by atoms with Crippen molar-refractivity contribution in [3.63, 3.8) is 0 Å². The predicted octanol–water partition coefficient (Wildman–Crippen LogP) is 12.1. The summed E-state index contributed by atoms with van der Waals surface area (Å²) in [7, 11) is -9.52. The number of ether oxygens (including phenoxy) is 1. The third-order valence-corrected chi connectivity index (χ3v) is 10.3. The SMILES string of the molecule is O=C(O)CC(C(=O)OC(F)(F)C(F)(F)C(F)(F)C(F)(F)C(F)(F)C(F)(F)C(F)(F)C(F)(F)C(F)(F)C(F)(F)F)(C(F)(F)C(F)(F)C(F)(F)C(F)(F)C(F)(F)C(F)(F)C(F)(F)C(F)(F)C(F)(F)C(F)(F)F)S(=O)(=O)O. The monoisotopic (exact) mass is 1230 g/mol. The zero-order chi connectivity index (χ0) is 61.6. The number of carboxylic acid groups (broad SMARTS) is 1. The van der Waals surface area contributed by atoms with Gasteiger partial charge in [0.15, 0.2) is 0 Å². The summed E-state index contributed by atoms with van der Waals surface area (Å²) < 4.78 is 602. The molecule has 0 rings (SSSR count). The number of rotatable bonds is 22. The molecule has 0 aliphatic rings. The molecule has 0 saturated heterocycles. The first-order chi connectivity index (χ1) is 31.0. The fourth-order valence-electron chi connectivity index (χ4n) is 4.50. The number of carbonyl (C=O) groups is 2. The number of alkyl halides is 42. The van der Waals surface area contributed by atoms with Gasteiger partial charge in [0.2, 0.25) is 0 Å². The van der Waals surface area contributed by atoms with Crippen molar-refractivity contribution in [2.24, 2.45) is 0 Å². The van der Waals surface area contributed by atoms with E-state index in [2.05, 4.69) is 0 Å². The molecule has 0 aromatic rings. The van der Waals surface area contributed by atoms with E-state index >= 15 is 8.78 Å². The van der Waals surface area contributed by atoms with E-state index in [4.69, 9.17) is 9.66 Å². The molecule has 1 atom stereocenters. The molecule has 7 nitrogen and oxygen atoms in total. The van der Waals surface area contributed by atoms with Crippen LogP contribution in [0.3, 0.4) is 0 Å². The largest absolute Gasteiger partial charge is 0.481 e. The molecule has 442 valence electrons. The molecule has 0 amide bonds. The second kappa shape index (κ2) is 17.2. The maximum absolute atomic E-state index is 15.3. The Labute approximate surface area is 370 Å². The van der Waals surface area contributed by atoms with Crippen LogP contribution in [0, 0.1) is 0 Å². The number of carboxylic acids is 1. The van der Waals surface area contributed by atoms with E-state index < -0.39 is 152 Å². The van der Waals surface area contributed by atoms with E-state index in [1.807, 2.05) is 0 Å². The van der Waals surface area contributed by atoms with E-state index in [1.54, 1.807) is 0 Å². The van der Waals surface area contributed by atoms with E-state index in [0.29, 0.717) is 0 Å². The van der Waals surface area contributed by atoms with E-state index in [1.165, 1.54) is 0 Å². The summed E-state index contributed by atoms with van der Waals surface area (Å²) in [6.45, 7) is 0. The van der Waals surface area contributed by atoms with Crippen LogP contribution in [-0.4, -0.2) is 154 Å². The smallest absolute Gasteiger partial charge is 0.473 e. The molecular weight excluding hydrogens is 1230 g/mol. The molecule has 50 heteroatoms. The third-order valence-electron chi connectivity index (χ3n) is 8.89. The highest BCUT2D eigenvalue weighted by atomic mass is 32.2. The minimum Gasteiger partial charge on any atom is -0.481 e. The van der Waals surface area contributed by atoms with Crippen molar-refractivity contribution in [1.82, 2.24) is 0 Å². The Morgan fingerprint density at radius 3 is 0.622 bits per heavy atom. The van der Waals surface area contributed by atoms with Crippen molar-refractivity contribution in [1.29, 1.82) is 0 Å². The molecule has 0 radical (unpaired) electrons. The Morgan fingerprint density at radius 1 is 0.297 bits per heavy atom. The lowest BCUT2D eigenvalue weighted by molar-refractivity contribution is -0.482. The summed E-state index contributed by atoms with van der Waals surface area (Å²) in [6, 6.07) is 0. The van der Waals surface area contributed by atoms with Gasteiger partial charge in [-0.1, -0.05) is 0 Å². The Kier molecular flexibility index (Phi) is 16.3. The second-order valence-electron chi connectivity index (χ2n) is 13.5. The average molecular weight is 1230 g/mol. The van der Waals surface area contributed by atoms with Crippen LogP contribution in [0.1, 0.15) is 6.42 Å². The van der Waals surface area contributed by atoms with Gasteiger partial charge in [-0.2, -0.15) is 193 Å². The van der Waals surface area contributed by atoms with Crippen LogP contribution in [0.15, 0.2) is 0 Å². The number of carbonyl (C=O) groups excluding carboxylic acids is 1. The van der Waals surface area contributed by atoms with Gasteiger partial charge < -0.3 is 9.84 Å². The average Bonchev–Trinajstić information content (AvgIpc) is 3.13. The lowest BCUT2D eigenvalue weighted by Crippen LogP contribution is -2.79. The highest BCUT2D eigenvalue weighted by molar-refractivity contribution is 7.88. The summed E-state index contributed by atoms with van der Waals surface area (Å²) in [6.07, 6.45) is -31.9. The Morgan fingerprint density at radius 2 is 0.459 bits per heavy atom. The van der Waals surface area contributed by atoms with Gasteiger partial charge in [-0.25, -0.2) is 4.79 Å². The summed E-state index contributed by atoms with van der Waals surface area (Å²) >= 11 is 0. The van der Waals surface area contributed by atoms with Gasteiger partial charge in [0.1, 0.15) is 0 Å². The molecular formula is C24H4F42O7S. The van der Waals surface area contributed by atoms with Crippen LogP contribution in [-0.2, 0) is 24.4 Å². The molecule has 0 fully saturated rings. The van der Waals surface area contributed by atoms with Crippen LogP contribution < -0.4 is 0 Å². The van der Waals surface area contributed by atoms with Gasteiger partial charge in [0.05, 0.1) is 6.42 Å². The Hall–Kier alpha value is -4.09. The van der Waals surface area contributed by atoms with Crippen molar-refractivity contribution in [2.45, 2.75) is 130 Å². The minimum absolute atomic E-state index is 1.10. The standard InChI is InChI=1S/C24H4F42O7S/c25-5(26,6(27,28)7(29,30)8(31,32)9(33,34)10(35,36)13(41,42)16(47,48)19(53,54)22(59,60)61)4(1-2(67)68,74(70,71)72)3(69)73-24(65,66)21(57,58)18(51,52)15(45,46)12(39,40)11(37,38)14(43,44)17(49,50)20(55,56)23(62,63)64/h1H2,(H,67,68)(H,70,71,72). The zero-order valence-electron chi connectivity index (χ0n) is 31.4. The molecule has 0 aliphatic heterocycles. The molecule has 1 unspecified atom stereocenters. The number of aliphatic carboxylic acids is 1. The normalized spacial score (nSPS) is 17.6. The van der Waals surface area contributed by atoms with Crippen molar-refractivity contribution >= 4 is 22.1 Å². The molecule has 0 spiro atoms. The second-order valence-corrected chi connectivity index (χ2v) is 15.2. The molecule has 0 aromatic heterocycles. The number of halogens is 42. The number of esters is 1. The highest BCUT2D eigenvalue weighted by Crippen LogP contribution is 2.70. The van der Waals surface area contributed by atoms with Crippen molar-refractivity contribution < 1.29 is 217 Å². The first-order valence-electron chi connectivity index (χ1n) is 15.4. The van der Waals surface area contributed by atoms with Crippen molar-refractivity contribution in [3.8, 4) is 0 Å². The summed E-state index contributed by atoms with van der Waals surface area (Å²) in [5.74, 6) is -180. The van der Waals surface area contributed by atoms with Crippen LogP contribution in [0.2, 0.25) is 0 Å². The number of hydrogen-bond donors (Lipinski definition) is 2. The highest BCUT2D eigenvalue weighted by Gasteiger charge is 3.01. The summed E-state index contributed by atoms with van der Waals surface area (Å²) in [5, 5.41) is 8.51. The first-order valence-corrected chi connectivity index (χ1v) is 16.8. The molecule has 0 heterocycles. The van der Waals surface area contributed by atoms with Gasteiger partial charge in [0, 0.05) is 0 Å². The molecule has 2 N–H and O–H groups in total. The lowest BCUT2D eigenvalue weighted by atomic mass is 9.82. The van der Waals surface area contributed by atoms with E-state index in [0.717, 1.165) is 4.74 Å². The predicted molar refractivity (Wildman–Crippen MR) is 134 cm³/mol. The quantitative estimate of drug-likeness (QED) is 0.0630. The molecule has 0 aliphatic carbocycles. The Bertz CT molecular complexity index is 2230. The fraction of sp³-hybridized carbons (Fsp3) is 0.917. The van der Waals surface area contributed by atoms with Crippen LogP contribution in [0.5, 0.6) is 0 Å². The molecule has 74 heavy (non-hydrogen) atoms. The summed E-state index contributed by atoms with van der Waals surface area (Å²) in [5.41, 5.74) is 0. The van der Waals surface area contributed by atoms with E-state index in [9.17, 15) is 194 Å². The maximum Gasteiger partial charge on any atom is 0.473 e. The van der Waals surface area contributed by atoms with Crippen molar-refractivity contribution in [2.75, 3.05) is 0 Å². The van der Waals surface area contributed by atoms with Gasteiger partial charge >= 0.3 is 131 Å². The van der Waals surface area contributed by atoms with Gasteiger partial charge in [-0.3, -0.25) is 9.35 Å².